The molecule has 3 heterocycles. The average Bonchev–Trinajstić information content (AvgIpc) is 3.22. The molecule has 2 amide bonds. The monoisotopic (exact) mass is 416 g/mol. The Kier molecular flexibility index (Phi) is 5.11. The van der Waals surface area contributed by atoms with E-state index in [0.717, 1.165) is 5.39 Å². The van der Waals surface area contributed by atoms with Crippen molar-refractivity contribution in [2.75, 3.05) is 11.9 Å². The summed E-state index contributed by atoms with van der Waals surface area (Å²) in [6.45, 7) is 0.695. The standard InChI is InChI=1S/C23H24N6O2/c30-22-20(17-13-25-21-16(17)7-4-10-24-21)28-18-9-8-15(11-19(18)29-22)27-23(31)26-12-14-5-2-1-3-6-14/h4,7-11,13-14H,1-3,5-6,12H2,(H,24,25)(H,29,30)(H2,26,27,31). The topological polar surface area (TPSA) is 116 Å². The van der Waals surface area contributed by atoms with Gasteiger partial charge in [0.05, 0.1) is 11.0 Å². The smallest absolute Gasteiger partial charge is 0.319 e. The minimum Gasteiger partial charge on any atom is -0.345 e. The Balaban J connectivity index is 1.35. The van der Waals surface area contributed by atoms with Crippen LogP contribution in [0.4, 0.5) is 10.5 Å². The lowest BCUT2D eigenvalue weighted by Gasteiger charge is -2.21. The number of rotatable bonds is 4. The van der Waals surface area contributed by atoms with Crippen molar-refractivity contribution in [3.8, 4) is 11.3 Å². The van der Waals surface area contributed by atoms with Gasteiger partial charge in [-0.2, -0.15) is 0 Å². The second-order valence-electron chi connectivity index (χ2n) is 8.09. The molecule has 8 nitrogen and oxygen atoms in total. The fraction of sp³-hybridized carbons (Fsp3) is 0.304. The Morgan fingerprint density at radius 1 is 1.16 bits per heavy atom. The van der Waals surface area contributed by atoms with Crippen LogP contribution in [0, 0.1) is 5.92 Å². The molecular weight excluding hydrogens is 392 g/mol. The van der Waals surface area contributed by atoms with E-state index in [9.17, 15) is 9.59 Å². The summed E-state index contributed by atoms with van der Waals surface area (Å²) in [7, 11) is 0. The maximum absolute atomic E-state index is 12.7. The first-order valence-corrected chi connectivity index (χ1v) is 10.7. The van der Waals surface area contributed by atoms with Gasteiger partial charge in [-0.3, -0.25) is 4.79 Å². The number of carbonyl (C=O) groups excluding carboxylic acids is 1. The maximum Gasteiger partial charge on any atom is 0.319 e. The van der Waals surface area contributed by atoms with Crippen LogP contribution in [0.2, 0.25) is 0 Å². The van der Waals surface area contributed by atoms with Crippen LogP contribution in [0.25, 0.3) is 33.3 Å². The first kappa shape index (κ1) is 19.3. The quantitative estimate of drug-likeness (QED) is 0.400. The highest BCUT2D eigenvalue weighted by molar-refractivity contribution is 5.94. The van der Waals surface area contributed by atoms with Crippen molar-refractivity contribution in [2.24, 2.45) is 5.92 Å². The van der Waals surface area contributed by atoms with E-state index in [1.807, 2.05) is 12.1 Å². The fourth-order valence-electron chi connectivity index (χ4n) is 4.30. The van der Waals surface area contributed by atoms with Crippen LogP contribution in [0.15, 0.2) is 47.5 Å². The van der Waals surface area contributed by atoms with E-state index in [1.54, 1.807) is 30.6 Å². The molecule has 1 aliphatic carbocycles. The summed E-state index contributed by atoms with van der Waals surface area (Å²) in [5.41, 5.74) is 3.26. The minimum absolute atomic E-state index is 0.233. The number of aromatic amines is 2. The lowest BCUT2D eigenvalue weighted by molar-refractivity contribution is 0.247. The Labute approximate surface area is 178 Å². The number of amides is 2. The van der Waals surface area contributed by atoms with Crippen LogP contribution >= 0.6 is 0 Å². The third-order valence-corrected chi connectivity index (χ3v) is 5.93. The van der Waals surface area contributed by atoms with Crippen molar-refractivity contribution in [1.29, 1.82) is 0 Å². The van der Waals surface area contributed by atoms with Crippen LogP contribution in [-0.2, 0) is 0 Å². The van der Waals surface area contributed by atoms with Crippen molar-refractivity contribution < 1.29 is 4.79 Å². The third kappa shape index (κ3) is 4.01. The molecule has 158 valence electrons. The summed E-state index contributed by atoms with van der Waals surface area (Å²) in [6, 6.07) is 8.80. The number of urea groups is 1. The van der Waals surface area contributed by atoms with Crippen LogP contribution in [0.3, 0.4) is 0 Å². The van der Waals surface area contributed by atoms with Crippen molar-refractivity contribution in [3.63, 3.8) is 0 Å². The molecule has 4 aromatic rings. The number of carbonyl (C=O) groups is 1. The number of H-pyrrole nitrogens is 2. The van der Waals surface area contributed by atoms with Crippen LogP contribution in [-0.4, -0.2) is 32.5 Å². The molecule has 0 unspecified atom stereocenters. The molecule has 8 heteroatoms. The molecule has 1 aromatic carbocycles. The van der Waals surface area contributed by atoms with Crippen LogP contribution < -0.4 is 16.2 Å². The Bertz CT molecular complexity index is 1300. The summed E-state index contributed by atoms with van der Waals surface area (Å²) in [6.07, 6.45) is 9.58. The van der Waals surface area contributed by atoms with E-state index in [0.29, 0.717) is 46.1 Å². The molecule has 0 aliphatic heterocycles. The summed E-state index contributed by atoms with van der Waals surface area (Å²) in [5.74, 6) is 0.565. The molecule has 3 aromatic heterocycles. The molecule has 5 rings (SSSR count). The van der Waals surface area contributed by atoms with Crippen molar-refractivity contribution in [1.82, 2.24) is 25.3 Å². The molecule has 1 saturated carbocycles. The zero-order valence-electron chi connectivity index (χ0n) is 17.1. The molecule has 1 aliphatic rings. The van der Waals surface area contributed by atoms with Gasteiger partial charge in [0.15, 0.2) is 0 Å². The number of fused-ring (bicyclic) bond motifs is 2. The van der Waals surface area contributed by atoms with E-state index in [4.69, 9.17) is 0 Å². The van der Waals surface area contributed by atoms with Gasteiger partial charge in [0.25, 0.3) is 5.56 Å². The number of nitrogens with one attached hydrogen (secondary N) is 4. The lowest BCUT2D eigenvalue weighted by Crippen LogP contribution is -2.33. The van der Waals surface area contributed by atoms with Crippen molar-refractivity contribution in [3.05, 3.63) is 53.1 Å². The molecule has 0 saturated heterocycles. The van der Waals surface area contributed by atoms with Crippen molar-refractivity contribution in [2.45, 2.75) is 32.1 Å². The minimum atomic E-state index is -0.295. The predicted octanol–water partition coefficient (Wildman–Crippen LogP) is 4.17. The zero-order valence-corrected chi connectivity index (χ0v) is 17.1. The van der Waals surface area contributed by atoms with Gasteiger partial charge in [-0.1, -0.05) is 19.3 Å². The largest absolute Gasteiger partial charge is 0.345 e. The second-order valence-corrected chi connectivity index (χ2v) is 8.09. The molecular formula is C23H24N6O2. The van der Waals surface area contributed by atoms with Crippen LogP contribution in [0.1, 0.15) is 32.1 Å². The number of nitrogens with zero attached hydrogens (tertiary/aromatic N) is 2. The highest BCUT2D eigenvalue weighted by Crippen LogP contribution is 2.25. The van der Waals surface area contributed by atoms with Crippen LogP contribution in [0.5, 0.6) is 0 Å². The number of benzene rings is 1. The van der Waals surface area contributed by atoms with Gasteiger partial charge < -0.3 is 20.6 Å². The fourth-order valence-corrected chi connectivity index (χ4v) is 4.30. The number of hydrogen-bond acceptors (Lipinski definition) is 4. The van der Waals surface area contributed by atoms with Gasteiger partial charge in [-0.15, -0.1) is 0 Å². The molecule has 0 atom stereocenters. The molecule has 1 fully saturated rings. The molecule has 0 bridgehead atoms. The highest BCUT2D eigenvalue weighted by atomic mass is 16.2. The van der Waals surface area contributed by atoms with Gasteiger partial charge in [0, 0.05) is 35.6 Å². The zero-order chi connectivity index (χ0) is 21.2. The Hall–Kier alpha value is -3.68. The molecule has 0 spiro atoms. The number of aromatic nitrogens is 4. The van der Waals surface area contributed by atoms with Crippen molar-refractivity contribution >= 4 is 33.8 Å². The lowest BCUT2D eigenvalue weighted by atomic mass is 9.89. The van der Waals surface area contributed by atoms with E-state index >= 15 is 0 Å². The summed E-state index contributed by atoms with van der Waals surface area (Å²) in [5, 5.41) is 6.64. The van der Waals surface area contributed by atoms with Gasteiger partial charge >= 0.3 is 6.03 Å². The van der Waals surface area contributed by atoms with E-state index in [1.165, 1.54) is 32.1 Å². The first-order valence-electron chi connectivity index (χ1n) is 10.7. The summed E-state index contributed by atoms with van der Waals surface area (Å²) in [4.78, 5) is 39.8. The summed E-state index contributed by atoms with van der Waals surface area (Å²) >= 11 is 0. The number of hydrogen-bond donors (Lipinski definition) is 4. The number of anilines is 1. The highest BCUT2D eigenvalue weighted by Gasteiger charge is 2.15. The third-order valence-electron chi connectivity index (χ3n) is 5.93. The van der Waals surface area contributed by atoms with Gasteiger partial charge in [0.2, 0.25) is 0 Å². The average molecular weight is 416 g/mol. The second kappa shape index (κ2) is 8.22. The van der Waals surface area contributed by atoms with Gasteiger partial charge in [0.1, 0.15) is 11.3 Å². The first-order chi connectivity index (χ1) is 15.2. The number of pyridine rings is 1. The molecule has 0 radical (unpaired) electrons. The predicted molar refractivity (Wildman–Crippen MR) is 121 cm³/mol. The Morgan fingerprint density at radius 3 is 2.90 bits per heavy atom. The van der Waals surface area contributed by atoms with E-state index in [-0.39, 0.29) is 11.6 Å². The van der Waals surface area contributed by atoms with E-state index < -0.39 is 0 Å². The van der Waals surface area contributed by atoms with E-state index in [2.05, 4.69) is 30.6 Å². The normalized spacial score (nSPS) is 14.7. The molecule has 4 N–H and O–H groups in total. The molecule has 31 heavy (non-hydrogen) atoms. The maximum atomic E-state index is 12.7. The van der Waals surface area contributed by atoms with Gasteiger partial charge in [-0.05, 0) is 49.1 Å². The Morgan fingerprint density at radius 2 is 2.03 bits per heavy atom. The van der Waals surface area contributed by atoms with Gasteiger partial charge in [-0.25, -0.2) is 14.8 Å². The SMILES string of the molecule is O=C(NCC1CCCCC1)Nc1ccc2nc(-c3c[nH]c4ncccc34)c(=O)[nH]c2c1. The summed E-state index contributed by atoms with van der Waals surface area (Å²) < 4.78 is 0.